The van der Waals surface area contributed by atoms with Crippen LogP contribution in [0.4, 0.5) is 5.69 Å². The Morgan fingerprint density at radius 1 is 0.917 bits per heavy atom. The first kappa shape index (κ1) is 17.4. The number of nitrogens with zero attached hydrogens (tertiary/aromatic N) is 2. The molecular weight excluding hydrogens is 312 g/mol. The third-order valence-electron chi connectivity index (χ3n) is 4.67. The normalized spacial score (nSPS) is 15.7. The third-order valence-corrected chi connectivity index (χ3v) is 5.91. The predicted molar refractivity (Wildman–Crippen MR) is 105 cm³/mol. The molecule has 128 valence electrons. The molecule has 0 aliphatic carbocycles. The first-order valence-corrected chi connectivity index (χ1v) is 9.80. The molecule has 1 aliphatic rings. The van der Waals surface area contributed by atoms with Gasteiger partial charge in [-0.15, -0.1) is 0 Å². The molecule has 1 heterocycles. The molecule has 1 aliphatic heterocycles. The van der Waals surface area contributed by atoms with Gasteiger partial charge in [0.2, 0.25) is 0 Å². The van der Waals surface area contributed by atoms with Gasteiger partial charge in [0.25, 0.3) is 0 Å². The molecule has 0 unspecified atom stereocenters. The van der Waals surface area contributed by atoms with E-state index >= 15 is 0 Å². The lowest BCUT2D eigenvalue weighted by Gasteiger charge is -2.36. The van der Waals surface area contributed by atoms with Crippen LogP contribution in [0.5, 0.6) is 0 Å². The summed E-state index contributed by atoms with van der Waals surface area (Å²) in [7, 11) is 0. The Kier molecular flexibility index (Phi) is 5.85. The van der Waals surface area contributed by atoms with Crippen LogP contribution in [0.15, 0.2) is 52.3 Å². The zero-order valence-corrected chi connectivity index (χ0v) is 15.9. The number of piperazine rings is 1. The minimum absolute atomic E-state index is 1.13. The maximum atomic E-state index is 2.58. The number of para-hydroxylation sites is 1. The highest BCUT2D eigenvalue weighted by Crippen LogP contribution is 2.37. The Labute approximate surface area is 150 Å². The van der Waals surface area contributed by atoms with Crippen LogP contribution in [-0.2, 0) is 0 Å². The van der Waals surface area contributed by atoms with E-state index in [2.05, 4.69) is 73.0 Å². The fraction of sp³-hybridized carbons (Fsp3) is 0.429. The number of rotatable bonds is 5. The van der Waals surface area contributed by atoms with E-state index in [0.717, 1.165) is 13.1 Å². The van der Waals surface area contributed by atoms with Gasteiger partial charge in [0.1, 0.15) is 0 Å². The topological polar surface area (TPSA) is 6.48 Å². The predicted octanol–water partition coefficient (Wildman–Crippen LogP) is 4.99. The molecule has 0 saturated carbocycles. The minimum Gasteiger partial charge on any atom is -0.368 e. The molecule has 0 radical (unpaired) electrons. The van der Waals surface area contributed by atoms with Gasteiger partial charge in [0.05, 0.1) is 5.69 Å². The second-order valence-corrected chi connectivity index (χ2v) is 7.75. The van der Waals surface area contributed by atoms with Crippen LogP contribution in [0, 0.1) is 13.8 Å². The molecule has 0 aromatic heterocycles. The van der Waals surface area contributed by atoms with Crippen LogP contribution < -0.4 is 4.90 Å². The molecule has 24 heavy (non-hydrogen) atoms. The highest BCUT2D eigenvalue weighted by molar-refractivity contribution is 7.99. The minimum atomic E-state index is 1.13. The quantitative estimate of drug-likeness (QED) is 0.757. The molecule has 0 spiro atoms. The molecule has 1 fully saturated rings. The molecule has 0 amide bonds. The van der Waals surface area contributed by atoms with E-state index in [4.69, 9.17) is 0 Å². The highest BCUT2D eigenvalue weighted by Gasteiger charge is 2.19. The third kappa shape index (κ3) is 4.14. The average molecular weight is 341 g/mol. The number of hydrogen-bond donors (Lipinski definition) is 0. The summed E-state index contributed by atoms with van der Waals surface area (Å²) in [6.07, 6.45) is 1.25. The van der Waals surface area contributed by atoms with Crippen LogP contribution in [0.2, 0.25) is 0 Å². The van der Waals surface area contributed by atoms with E-state index < -0.39 is 0 Å². The van der Waals surface area contributed by atoms with Crippen LogP contribution in [-0.4, -0.2) is 37.6 Å². The molecule has 2 aromatic carbocycles. The van der Waals surface area contributed by atoms with E-state index in [-0.39, 0.29) is 0 Å². The van der Waals surface area contributed by atoms with Crippen molar-refractivity contribution in [3.8, 4) is 0 Å². The Morgan fingerprint density at radius 2 is 1.67 bits per heavy atom. The smallest absolute Gasteiger partial charge is 0.0508 e. The fourth-order valence-electron chi connectivity index (χ4n) is 3.37. The van der Waals surface area contributed by atoms with Gasteiger partial charge in [-0.05, 0) is 50.6 Å². The van der Waals surface area contributed by atoms with Crippen molar-refractivity contribution in [1.82, 2.24) is 4.90 Å². The van der Waals surface area contributed by atoms with Gasteiger partial charge in [0.15, 0.2) is 0 Å². The van der Waals surface area contributed by atoms with Crippen molar-refractivity contribution in [3.05, 3.63) is 53.6 Å². The lowest BCUT2D eigenvalue weighted by Crippen LogP contribution is -2.46. The van der Waals surface area contributed by atoms with Gasteiger partial charge in [0, 0.05) is 36.0 Å². The number of anilines is 1. The van der Waals surface area contributed by atoms with Gasteiger partial charge in [-0.1, -0.05) is 48.5 Å². The lowest BCUT2D eigenvalue weighted by atomic mass is 10.2. The SMILES string of the molecule is CCCN1CCN(c2ccccc2Sc2ccc(C)cc2C)CC1. The van der Waals surface area contributed by atoms with Gasteiger partial charge in [-0.2, -0.15) is 0 Å². The number of hydrogen-bond acceptors (Lipinski definition) is 3. The van der Waals surface area contributed by atoms with Crippen LogP contribution in [0.25, 0.3) is 0 Å². The second kappa shape index (κ2) is 8.09. The number of aryl methyl sites for hydroxylation is 2. The Balaban J connectivity index is 1.76. The van der Waals surface area contributed by atoms with E-state index in [1.165, 1.54) is 52.7 Å². The standard InChI is InChI=1S/C21H28N2S/c1-4-11-22-12-14-23(15-13-22)19-7-5-6-8-21(19)24-20-10-9-17(2)16-18(20)3/h5-10,16H,4,11-15H2,1-3H3. The van der Waals surface area contributed by atoms with E-state index in [9.17, 15) is 0 Å². The summed E-state index contributed by atoms with van der Waals surface area (Å²) in [4.78, 5) is 7.86. The van der Waals surface area contributed by atoms with Gasteiger partial charge in [-0.3, -0.25) is 4.90 Å². The van der Waals surface area contributed by atoms with E-state index in [1.807, 2.05) is 11.8 Å². The first-order chi connectivity index (χ1) is 11.7. The van der Waals surface area contributed by atoms with Crippen molar-refractivity contribution >= 4 is 17.4 Å². The summed E-state index contributed by atoms with van der Waals surface area (Å²) in [6, 6.07) is 15.6. The first-order valence-electron chi connectivity index (χ1n) is 8.99. The Morgan fingerprint density at radius 3 is 2.38 bits per heavy atom. The molecule has 0 bridgehead atoms. The fourth-order valence-corrected chi connectivity index (χ4v) is 4.41. The summed E-state index contributed by atoms with van der Waals surface area (Å²) in [5, 5.41) is 0. The molecule has 0 N–H and O–H groups in total. The summed E-state index contributed by atoms with van der Waals surface area (Å²) < 4.78 is 0. The van der Waals surface area contributed by atoms with Crippen LogP contribution >= 0.6 is 11.8 Å². The molecule has 0 atom stereocenters. The Bertz CT molecular complexity index is 675. The zero-order chi connectivity index (χ0) is 16.9. The number of benzene rings is 2. The molecule has 3 heteroatoms. The lowest BCUT2D eigenvalue weighted by molar-refractivity contribution is 0.258. The van der Waals surface area contributed by atoms with E-state index in [0.29, 0.717) is 0 Å². The summed E-state index contributed by atoms with van der Waals surface area (Å²) in [5.41, 5.74) is 4.08. The van der Waals surface area contributed by atoms with Gasteiger partial charge >= 0.3 is 0 Å². The Hall–Kier alpha value is -1.45. The molecule has 1 saturated heterocycles. The van der Waals surface area contributed by atoms with Gasteiger partial charge in [-0.25, -0.2) is 0 Å². The largest absolute Gasteiger partial charge is 0.368 e. The van der Waals surface area contributed by atoms with Crippen molar-refractivity contribution in [2.45, 2.75) is 37.0 Å². The molecule has 2 aromatic rings. The van der Waals surface area contributed by atoms with Crippen LogP contribution in [0.1, 0.15) is 24.5 Å². The summed E-state index contributed by atoms with van der Waals surface area (Å²) in [6.45, 7) is 12.5. The van der Waals surface area contributed by atoms with Crippen molar-refractivity contribution in [1.29, 1.82) is 0 Å². The average Bonchev–Trinajstić information content (AvgIpc) is 2.59. The summed E-state index contributed by atoms with van der Waals surface area (Å²) >= 11 is 1.90. The molecular formula is C21H28N2S. The molecule has 2 nitrogen and oxygen atoms in total. The summed E-state index contributed by atoms with van der Waals surface area (Å²) in [5.74, 6) is 0. The highest BCUT2D eigenvalue weighted by atomic mass is 32.2. The second-order valence-electron chi connectivity index (χ2n) is 6.67. The maximum absolute atomic E-state index is 2.58. The maximum Gasteiger partial charge on any atom is 0.0508 e. The van der Waals surface area contributed by atoms with Crippen molar-refractivity contribution < 1.29 is 0 Å². The van der Waals surface area contributed by atoms with Crippen molar-refractivity contribution in [2.24, 2.45) is 0 Å². The van der Waals surface area contributed by atoms with Crippen LogP contribution in [0.3, 0.4) is 0 Å². The molecule has 3 rings (SSSR count). The van der Waals surface area contributed by atoms with Crippen molar-refractivity contribution in [2.75, 3.05) is 37.6 Å². The van der Waals surface area contributed by atoms with Gasteiger partial charge < -0.3 is 4.90 Å². The monoisotopic (exact) mass is 340 g/mol. The van der Waals surface area contributed by atoms with E-state index in [1.54, 1.807) is 0 Å². The van der Waals surface area contributed by atoms with Crippen molar-refractivity contribution in [3.63, 3.8) is 0 Å². The zero-order valence-electron chi connectivity index (χ0n) is 15.1.